The summed E-state index contributed by atoms with van der Waals surface area (Å²) in [5.74, 6) is 0.157. The lowest BCUT2D eigenvalue weighted by molar-refractivity contribution is -0.134. The minimum absolute atomic E-state index is 0.0578. The van der Waals surface area contributed by atoms with Gasteiger partial charge in [0.1, 0.15) is 17.0 Å². The topological polar surface area (TPSA) is 103 Å². The summed E-state index contributed by atoms with van der Waals surface area (Å²) < 4.78 is 11.9. The number of carbonyl (C=O) groups excluding carboxylic acids is 3. The number of hydrogen-bond donors (Lipinski definition) is 1. The van der Waals surface area contributed by atoms with Gasteiger partial charge in [0.15, 0.2) is 5.69 Å². The van der Waals surface area contributed by atoms with Crippen molar-refractivity contribution in [3.63, 3.8) is 0 Å². The van der Waals surface area contributed by atoms with Gasteiger partial charge < -0.3 is 19.7 Å². The number of benzene rings is 1. The lowest BCUT2D eigenvalue weighted by Crippen LogP contribution is -2.64. The van der Waals surface area contributed by atoms with Gasteiger partial charge in [-0.15, -0.1) is 0 Å². The number of fused-ring (bicyclic) bond motifs is 1. The molecule has 35 heavy (non-hydrogen) atoms. The zero-order valence-electron chi connectivity index (χ0n) is 20.9. The fourth-order valence-electron chi connectivity index (χ4n) is 4.89. The van der Waals surface area contributed by atoms with Gasteiger partial charge in [-0.2, -0.15) is 5.10 Å². The molecular formula is C26H34N4O5. The van der Waals surface area contributed by atoms with Crippen LogP contribution < -0.4 is 10.1 Å². The number of nitrogens with zero attached hydrogens (tertiary/aromatic N) is 3. The molecule has 2 aromatic rings. The fourth-order valence-corrected chi connectivity index (χ4v) is 4.89. The lowest BCUT2D eigenvalue weighted by atomic mass is 9.86. The monoisotopic (exact) mass is 482 g/mol. The highest BCUT2D eigenvalue weighted by molar-refractivity contribution is 6.01. The predicted octanol–water partition coefficient (Wildman–Crippen LogP) is 3.18. The van der Waals surface area contributed by atoms with Gasteiger partial charge in [0.25, 0.3) is 5.91 Å². The minimum Gasteiger partial charge on any atom is -0.497 e. The molecule has 1 unspecified atom stereocenters. The van der Waals surface area contributed by atoms with Crippen LogP contribution in [0, 0.1) is 5.92 Å². The van der Waals surface area contributed by atoms with Crippen LogP contribution in [-0.4, -0.2) is 57.8 Å². The molecule has 0 saturated heterocycles. The first-order chi connectivity index (χ1) is 16.7. The van der Waals surface area contributed by atoms with E-state index in [4.69, 9.17) is 9.47 Å². The molecule has 1 aliphatic carbocycles. The molecule has 1 atom stereocenters. The number of carbonyl (C=O) groups is 3. The van der Waals surface area contributed by atoms with Crippen molar-refractivity contribution in [3.8, 4) is 5.75 Å². The third kappa shape index (κ3) is 5.04. The number of rotatable bonds is 7. The number of ether oxygens (including phenoxy) is 2. The molecule has 188 valence electrons. The van der Waals surface area contributed by atoms with Crippen LogP contribution in [0.1, 0.15) is 73.0 Å². The number of aromatic nitrogens is 2. The number of methoxy groups -OCH3 is 1. The zero-order chi connectivity index (χ0) is 25.2. The van der Waals surface area contributed by atoms with Crippen molar-refractivity contribution >= 4 is 17.8 Å². The summed E-state index contributed by atoms with van der Waals surface area (Å²) in [5, 5.41) is 7.52. The highest BCUT2D eigenvalue weighted by Gasteiger charge is 2.48. The molecule has 4 rings (SSSR count). The molecule has 1 aliphatic heterocycles. The second-order valence-electron chi connectivity index (χ2n) is 9.74. The van der Waals surface area contributed by atoms with E-state index in [2.05, 4.69) is 17.3 Å². The van der Waals surface area contributed by atoms with Crippen LogP contribution in [0.25, 0.3) is 0 Å². The first-order valence-corrected chi connectivity index (χ1v) is 12.3. The Morgan fingerprint density at radius 2 is 1.94 bits per heavy atom. The summed E-state index contributed by atoms with van der Waals surface area (Å²) in [6.45, 7) is 6.25. The second-order valence-corrected chi connectivity index (χ2v) is 9.74. The first kappa shape index (κ1) is 24.8. The fraction of sp³-hybridized carbons (Fsp3) is 0.538. The number of nitrogens with one attached hydrogen (secondary N) is 1. The van der Waals surface area contributed by atoms with Crippen LogP contribution in [0.5, 0.6) is 5.75 Å². The number of esters is 1. The Labute approximate surface area is 205 Å². The largest absolute Gasteiger partial charge is 0.497 e. The van der Waals surface area contributed by atoms with E-state index < -0.39 is 11.5 Å². The molecule has 1 aromatic heterocycles. The molecule has 2 aliphatic rings. The van der Waals surface area contributed by atoms with Crippen molar-refractivity contribution in [1.82, 2.24) is 20.0 Å². The van der Waals surface area contributed by atoms with Crippen molar-refractivity contribution in [2.75, 3.05) is 13.7 Å². The molecule has 2 amide bonds. The molecule has 2 heterocycles. The summed E-state index contributed by atoms with van der Waals surface area (Å²) in [7, 11) is 1.59. The molecule has 0 spiro atoms. The molecule has 9 nitrogen and oxygen atoms in total. The third-order valence-electron chi connectivity index (χ3n) is 7.10. The van der Waals surface area contributed by atoms with Crippen LogP contribution in [0.3, 0.4) is 0 Å². The van der Waals surface area contributed by atoms with E-state index in [9.17, 15) is 14.4 Å². The first-order valence-electron chi connectivity index (χ1n) is 12.3. The highest BCUT2D eigenvalue weighted by atomic mass is 16.5. The van der Waals surface area contributed by atoms with Gasteiger partial charge in [0.05, 0.1) is 20.3 Å². The summed E-state index contributed by atoms with van der Waals surface area (Å²) in [5.41, 5.74) is -0.0503. The summed E-state index contributed by atoms with van der Waals surface area (Å²) in [4.78, 5) is 41.3. The maximum Gasteiger partial charge on any atom is 0.358 e. The standard InChI is InChI=1S/C26H34N4O5/c1-5-35-24(32)21-14-22-23(31)29(15-18-7-6-8-20(13-18)34-4)26(3,16-30(22)28-21)25(33)27-19-11-9-17(2)10-12-19/h6-8,13-14,17,19H,5,9-12,15-16H2,1-4H3,(H,27,33). The Morgan fingerprint density at radius 3 is 2.63 bits per heavy atom. The lowest BCUT2D eigenvalue weighted by Gasteiger charge is -2.44. The van der Waals surface area contributed by atoms with Crippen LogP contribution in [0.15, 0.2) is 30.3 Å². The molecular weight excluding hydrogens is 448 g/mol. The van der Waals surface area contributed by atoms with Crippen molar-refractivity contribution in [1.29, 1.82) is 0 Å². The Balaban J connectivity index is 1.67. The van der Waals surface area contributed by atoms with Gasteiger partial charge in [-0.05, 0) is 63.1 Å². The molecule has 1 saturated carbocycles. The Hall–Kier alpha value is -3.36. The van der Waals surface area contributed by atoms with Crippen molar-refractivity contribution in [2.45, 2.75) is 71.1 Å². The van der Waals surface area contributed by atoms with Gasteiger partial charge in [-0.25, -0.2) is 4.79 Å². The second kappa shape index (κ2) is 10.1. The minimum atomic E-state index is -1.20. The quantitative estimate of drug-likeness (QED) is 0.608. The zero-order valence-corrected chi connectivity index (χ0v) is 20.9. The number of amides is 2. The maximum absolute atomic E-state index is 13.7. The normalized spacial score (nSPS) is 24.0. The SMILES string of the molecule is CCOC(=O)c1cc2n(n1)CC(C)(C(=O)NC1CCC(C)CC1)N(Cc1cccc(OC)c1)C2=O. The highest BCUT2D eigenvalue weighted by Crippen LogP contribution is 2.31. The average Bonchev–Trinajstić information content (AvgIpc) is 3.27. The van der Waals surface area contributed by atoms with E-state index in [-0.39, 0.29) is 48.9 Å². The Kier molecular flexibility index (Phi) is 7.14. The van der Waals surface area contributed by atoms with Gasteiger partial charge >= 0.3 is 5.97 Å². The molecule has 1 N–H and O–H groups in total. The maximum atomic E-state index is 13.7. The Morgan fingerprint density at radius 1 is 1.20 bits per heavy atom. The van der Waals surface area contributed by atoms with Gasteiger partial charge in [0, 0.05) is 18.7 Å². The van der Waals surface area contributed by atoms with Crippen LogP contribution in [0.2, 0.25) is 0 Å². The smallest absolute Gasteiger partial charge is 0.358 e. The van der Waals surface area contributed by atoms with E-state index in [1.165, 1.54) is 10.7 Å². The Bertz CT molecular complexity index is 1100. The summed E-state index contributed by atoms with van der Waals surface area (Å²) in [6.07, 6.45) is 3.99. The molecule has 0 bridgehead atoms. The van der Waals surface area contributed by atoms with E-state index >= 15 is 0 Å². The molecule has 1 fully saturated rings. The van der Waals surface area contributed by atoms with Gasteiger partial charge in [-0.3, -0.25) is 14.3 Å². The van der Waals surface area contributed by atoms with E-state index in [1.807, 2.05) is 24.3 Å². The van der Waals surface area contributed by atoms with Gasteiger partial charge in [0.2, 0.25) is 5.91 Å². The van der Waals surface area contributed by atoms with Crippen molar-refractivity contribution in [2.24, 2.45) is 5.92 Å². The molecule has 0 radical (unpaired) electrons. The third-order valence-corrected chi connectivity index (χ3v) is 7.10. The predicted molar refractivity (Wildman–Crippen MR) is 129 cm³/mol. The summed E-state index contributed by atoms with van der Waals surface area (Å²) >= 11 is 0. The average molecular weight is 483 g/mol. The van der Waals surface area contributed by atoms with Crippen molar-refractivity contribution in [3.05, 3.63) is 47.3 Å². The molecule has 1 aromatic carbocycles. The summed E-state index contributed by atoms with van der Waals surface area (Å²) in [6, 6.07) is 8.96. The van der Waals surface area contributed by atoms with Crippen LogP contribution in [-0.2, 0) is 22.6 Å². The number of hydrogen-bond acceptors (Lipinski definition) is 6. The van der Waals surface area contributed by atoms with Crippen LogP contribution >= 0.6 is 0 Å². The van der Waals surface area contributed by atoms with Crippen molar-refractivity contribution < 1.29 is 23.9 Å². The molecule has 9 heteroatoms. The van der Waals surface area contributed by atoms with E-state index in [0.29, 0.717) is 11.7 Å². The van der Waals surface area contributed by atoms with E-state index in [1.54, 1.807) is 25.9 Å². The van der Waals surface area contributed by atoms with Gasteiger partial charge in [-0.1, -0.05) is 19.1 Å². The van der Waals surface area contributed by atoms with Crippen LogP contribution in [0.4, 0.5) is 0 Å². The van der Waals surface area contributed by atoms with E-state index in [0.717, 1.165) is 31.2 Å².